The second-order valence-corrected chi connectivity index (χ2v) is 5.84. The highest BCUT2D eigenvalue weighted by atomic mass is 16.6. The van der Waals surface area contributed by atoms with Crippen molar-refractivity contribution in [2.45, 2.75) is 38.1 Å². The normalized spacial score (nSPS) is 15.7. The van der Waals surface area contributed by atoms with Gasteiger partial charge in [-0.05, 0) is 38.4 Å². The summed E-state index contributed by atoms with van der Waals surface area (Å²) < 4.78 is 0. The maximum Gasteiger partial charge on any atom is 0.269 e. The van der Waals surface area contributed by atoms with Gasteiger partial charge in [0.25, 0.3) is 5.69 Å². The van der Waals surface area contributed by atoms with Crippen LogP contribution < -0.4 is 5.32 Å². The molecule has 0 bridgehead atoms. The highest BCUT2D eigenvalue weighted by molar-refractivity contribution is 5.32. The van der Waals surface area contributed by atoms with Gasteiger partial charge in [-0.15, -0.1) is 0 Å². The van der Waals surface area contributed by atoms with E-state index in [1.54, 1.807) is 12.1 Å². The third kappa shape index (κ3) is 5.10. The van der Waals surface area contributed by atoms with Crippen LogP contribution in [0.3, 0.4) is 0 Å². The van der Waals surface area contributed by atoms with E-state index in [2.05, 4.69) is 17.3 Å². The zero-order chi connectivity index (χ0) is 15.1. The Labute approximate surface area is 126 Å². The predicted molar refractivity (Wildman–Crippen MR) is 84.6 cm³/mol. The van der Waals surface area contributed by atoms with E-state index < -0.39 is 0 Å². The van der Waals surface area contributed by atoms with E-state index in [0.29, 0.717) is 0 Å². The molecule has 0 aliphatic heterocycles. The van der Waals surface area contributed by atoms with Crippen LogP contribution in [0, 0.1) is 10.1 Å². The predicted octanol–water partition coefficient (Wildman–Crippen LogP) is 2.60. The molecular formula is C16H25N3O2. The second-order valence-electron chi connectivity index (χ2n) is 5.84. The van der Waals surface area contributed by atoms with Crippen LogP contribution in [0.1, 0.15) is 31.2 Å². The fourth-order valence-corrected chi connectivity index (χ4v) is 2.93. The first kappa shape index (κ1) is 15.9. The Morgan fingerprint density at radius 1 is 1.24 bits per heavy atom. The number of benzene rings is 1. The molecule has 5 heteroatoms. The number of nitro groups is 1. The Kier molecular flexibility index (Phi) is 6.14. The molecular weight excluding hydrogens is 266 g/mol. The smallest absolute Gasteiger partial charge is 0.269 e. The Morgan fingerprint density at radius 3 is 2.52 bits per heavy atom. The first-order chi connectivity index (χ1) is 10.2. The fraction of sp³-hybridized carbons (Fsp3) is 0.625. The summed E-state index contributed by atoms with van der Waals surface area (Å²) in [6, 6.07) is 7.60. The van der Waals surface area contributed by atoms with Gasteiger partial charge in [0.2, 0.25) is 0 Å². The van der Waals surface area contributed by atoms with Crippen molar-refractivity contribution < 1.29 is 4.92 Å². The average Bonchev–Trinajstić information content (AvgIpc) is 3.01. The molecule has 0 heterocycles. The van der Waals surface area contributed by atoms with Crippen molar-refractivity contribution in [2.24, 2.45) is 0 Å². The van der Waals surface area contributed by atoms with Gasteiger partial charge in [-0.2, -0.15) is 0 Å². The lowest BCUT2D eigenvalue weighted by atomic mass is 10.1. The summed E-state index contributed by atoms with van der Waals surface area (Å²) in [4.78, 5) is 12.7. The molecule has 0 amide bonds. The molecule has 0 spiro atoms. The van der Waals surface area contributed by atoms with Gasteiger partial charge in [0, 0.05) is 31.3 Å². The highest BCUT2D eigenvalue weighted by Gasteiger charge is 2.18. The van der Waals surface area contributed by atoms with E-state index in [1.807, 2.05) is 12.1 Å². The number of non-ortho nitro benzene ring substituents is 1. The number of nitrogens with zero attached hydrogens (tertiary/aromatic N) is 2. The summed E-state index contributed by atoms with van der Waals surface area (Å²) in [6.07, 6.45) is 6.36. The third-order valence-corrected chi connectivity index (χ3v) is 4.33. The van der Waals surface area contributed by atoms with Gasteiger partial charge < -0.3 is 10.2 Å². The molecule has 5 nitrogen and oxygen atoms in total. The molecule has 1 aliphatic rings. The fourth-order valence-electron chi connectivity index (χ4n) is 2.93. The Morgan fingerprint density at radius 2 is 1.90 bits per heavy atom. The van der Waals surface area contributed by atoms with Gasteiger partial charge in [-0.25, -0.2) is 0 Å². The lowest BCUT2D eigenvalue weighted by Gasteiger charge is -2.23. The standard InChI is InChI=1S/C16H25N3O2/c1-18(15-4-2-3-5-15)13-12-17-11-10-14-6-8-16(9-7-14)19(20)21/h6-9,15,17H,2-5,10-13H2,1H3. The number of rotatable bonds is 8. The quantitative estimate of drug-likeness (QED) is 0.454. The van der Waals surface area contributed by atoms with E-state index in [1.165, 1.54) is 25.7 Å². The number of nitro benzene ring substituents is 1. The summed E-state index contributed by atoms with van der Waals surface area (Å²) >= 11 is 0. The molecule has 0 atom stereocenters. The number of hydrogen-bond acceptors (Lipinski definition) is 4. The largest absolute Gasteiger partial charge is 0.315 e. The van der Waals surface area contributed by atoms with E-state index in [9.17, 15) is 10.1 Å². The van der Waals surface area contributed by atoms with E-state index in [4.69, 9.17) is 0 Å². The van der Waals surface area contributed by atoms with Crippen LogP contribution in [-0.4, -0.2) is 42.5 Å². The lowest BCUT2D eigenvalue weighted by Crippen LogP contribution is -2.35. The summed E-state index contributed by atoms with van der Waals surface area (Å²) in [5.74, 6) is 0. The lowest BCUT2D eigenvalue weighted by molar-refractivity contribution is -0.384. The number of hydrogen-bond donors (Lipinski definition) is 1. The minimum Gasteiger partial charge on any atom is -0.315 e. The van der Waals surface area contributed by atoms with Crippen LogP contribution in [-0.2, 0) is 6.42 Å². The van der Waals surface area contributed by atoms with Crippen molar-refractivity contribution in [2.75, 3.05) is 26.7 Å². The van der Waals surface area contributed by atoms with Crippen molar-refractivity contribution in [1.82, 2.24) is 10.2 Å². The molecule has 1 saturated carbocycles. The van der Waals surface area contributed by atoms with Crippen LogP contribution in [0.2, 0.25) is 0 Å². The Hall–Kier alpha value is -1.46. The highest BCUT2D eigenvalue weighted by Crippen LogP contribution is 2.21. The zero-order valence-corrected chi connectivity index (χ0v) is 12.8. The van der Waals surface area contributed by atoms with Crippen LogP contribution in [0.5, 0.6) is 0 Å². The minimum absolute atomic E-state index is 0.157. The topological polar surface area (TPSA) is 58.4 Å². The van der Waals surface area contributed by atoms with Crippen LogP contribution >= 0.6 is 0 Å². The van der Waals surface area contributed by atoms with E-state index in [-0.39, 0.29) is 10.6 Å². The molecule has 1 fully saturated rings. The molecule has 1 aromatic rings. The van der Waals surface area contributed by atoms with Gasteiger partial charge >= 0.3 is 0 Å². The third-order valence-electron chi connectivity index (χ3n) is 4.33. The maximum absolute atomic E-state index is 10.6. The van der Waals surface area contributed by atoms with Gasteiger partial charge in [0.15, 0.2) is 0 Å². The van der Waals surface area contributed by atoms with Crippen molar-refractivity contribution in [3.05, 3.63) is 39.9 Å². The molecule has 0 aromatic heterocycles. The molecule has 116 valence electrons. The first-order valence-corrected chi connectivity index (χ1v) is 7.81. The van der Waals surface area contributed by atoms with Gasteiger partial charge in [0.1, 0.15) is 0 Å². The second kappa shape index (κ2) is 8.10. The molecule has 21 heavy (non-hydrogen) atoms. The Bertz CT molecular complexity index is 441. The van der Waals surface area contributed by atoms with Crippen LogP contribution in [0.25, 0.3) is 0 Å². The Balaban J connectivity index is 1.59. The molecule has 0 saturated heterocycles. The summed E-state index contributed by atoms with van der Waals surface area (Å²) in [5.41, 5.74) is 1.29. The SMILES string of the molecule is CN(CCNCCc1ccc([N+](=O)[O-])cc1)C1CCCC1. The van der Waals surface area contributed by atoms with Gasteiger partial charge in [-0.1, -0.05) is 25.0 Å². The molecule has 1 aliphatic carbocycles. The van der Waals surface area contributed by atoms with Crippen molar-refractivity contribution in [1.29, 1.82) is 0 Å². The van der Waals surface area contributed by atoms with Crippen molar-refractivity contribution in [3.8, 4) is 0 Å². The van der Waals surface area contributed by atoms with Crippen LogP contribution in [0.4, 0.5) is 5.69 Å². The van der Waals surface area contributed by atoms with Crippen LogP contribution in [0.15, 0.2) is 24.3 Å². The van der Waals surface area contributed by atoms with Crippen molar-refractivity contribution >= 4 is 5.69 Å². The monoisotopic (exact) mass is 291 g/mol. The summed E-state index contributed by atoms with van der Waals surface area (Å²) in [7, 11) is 2.22. The molecule has 2 rings (SSSR count). The van der Waals surface area contributed by atoms with E-state index in [0.717, 1.165) is 37.7 Å². The zero-order valence-electron chi connectivity index (χ0n) is 12.8. The van der Waals surface area contributed by atoms with Gasteiger partial charge in [-0.3, -0.25) is 10.1 Å². The number of likely N-dealkylation sites (N-methyl/N-ethyl adjacent to an activating group) is 1. The molecule has 1 N–H and O–H groups in total. The first-order valence-electron chi connectivity index (χ1n) is 7.81. The average molecular weight is 291 g/mol. The number of nitrogens with one attached hydrogen (secondary N) is 1. The maximum atomic E-state index is 10.6. The van der Waals surface area contributed by atoms with Crippen molar-refractivity contribution in [3.63, 3.8) is 0 Å². The molecule has 0 radical (unpaired) electrons. The summed E-state index contributed by atoms with van der Waals surface area (Å²) in [6.45, 7) is 3.00. The van der Waals surface area contributed by atoms with Gasteiger partial charge in [0.05, 0.1) is 4.92 Å². The molecule has 0 unspecified atom stereocenters. The minimum atomic E-state index is -0.360. The summed E-state index contributed by atoms with van der Waals surface area (Å²) in [5, 5.41) is 14.0. The van der Waals surface area contributed by atoms with E-state index >= 15 is 0 Å². The molecule has 1 aromatic carbocycles.